The average molecular weight is 211 g/mol. The summed E-state index contributed by atoms with van der Waals surface area (Å²) in [6.45, 7) is 2.12. The van der Waals surface area contributed by atoms with Crippen LogP contribution in [0.4, 0.5) is 0 Å². The summed E-state index contributed by atoms with van der Waals surface area (Å²) >= 11 is 0. The van der Waals surface area contributed by atoms with Gasteiger partial charge in [-0.25, -0.2) is 4.79 Å². The molecule has 1 heterocycles. The molecule has 1 saturated heterocycles. The van der Waals surface area contributed by atoms with Crippen molar-refractivity contribution in [3.8, 4) is 0 Å². The maximum absolute atomic E-state index is 11.4. The highest BCUT2D eigenvalue weighted by Crippen LogP contribution is 2.40. The second-order valence-electron chi connectivity index (χ2n) is 4.66. The quantitative estimate of drug-likeness (QED) is 0.706. The van der Waals surface area contributed by atoms with E-state index in [-0.39, 0.29) is 11.8 Å². The SMILES string of the molecule is CC(=O)N1C[C@@H]2CCCC[C@@H]2C1C(=O)O. The van der Waals surface area contributed by atoms with E-state index in [1.807, 2.05) is 0 Å². The summed E-state index contributed by atoms with van der Waals surface area (Å²) in [7, 11) is 0. The van der Waals surface area contributed by atoms with Crippen molar-refractivity contribution in [3.05, 3.63) is 0 Å². The Bertz CT molecular complexity index is 290. The predicted octanol–water partition coefficient (Wildman–Crippen LogP) is 1.11. The fourth-order valence-electron chi connectivity index (χ4n) is 3.12. The lowest BCUT2D eigenvalue weighted by molar-refractivity contribution is -0.149. The third-order valence-corrected chi connectivity index (χ3v) is 3.80. The van der Waals surface area contributed by atoms with Gasteiger partial charge in [-0.3, -0.25) is 4.79 Å². The molecule has 1 unspecified atom stereocenters. The van der Waals surface area contributed by atoms with Gasteiger partial charge >= 0.3 is 5.97 Å². The third-order valence-electron chi connectivity index (χ3n) is 3.80. The molecule has 2 rings (SSSR count). The first kappa shape index (κ1) is 10.5. The van der Waals surface area contributed by atoms with Crippen molar-refractivity contribution in [2.24, 2.45) is 11.8 Å². The molecule has 4 nitrogen and oxygen atoms in total. The number of aliphatic carboxylic acids is 1. The number of fused-ring (bicyclic) bond motifs is 1. The molecule has 15 heavy (non-hydrogen) atoms. The first-order valence-electron chi connectivity index (χ1n) is 5.61. The Hall–Kier alpha value is -1.06. The number of nitrogens with zero attached hydrogens (tertiary/aromatic N) is 1. The fraction of sp³-hybridized carbons (Fsp3) is 0.818. The van der Waals surface area contributed by atoms with Crippen molar-refractivity contribution in [2.45, 2.75) is 38.6 Å². The van der Waals surface area contributed by atoms with Gasteiger partial charge in [0, 0.05) is 13.5 Å². The lowest BCUT2D eigenvalue weighted by Crippen LogP contribution is -2.42. The minimum Gasteiger partial charge on any atom is -0.480 e. The molecule has 0 aromatic heterocycles. The molecule has 2 fully saturated rings. The number of likely N-dealkylation sites (tertiary alicyclic amines) is 1. The minimum atomic E-state index is -0.834. The summed E-state index contributed by atoms with van der Waals surface area (Å²) in [5.41, 5.74) is 0. The zero-order valence-corrected chi connectivity index (χ0v) is 8.98. The largest absolute Gasteiger partial charge is 0.480 e. The molecular formula is C11H17NO3. The van der Waals surface area contributed by atoms with Crippen LogP contribution in [0.1, 0.15) is 32.6 Å². The van der Waals surface area contributed by atoms with Crippen LogP contribution in [-0.4, -0.2) is 34.5 Å². The molecule has 1 aliphatic carbocycles. The molecule has 84 valence electrons. The Morgan fingerprint density at radius 2 is 1.93 bits per heavy atom. The van der Waals surface area contributed by atoms with Crippen molar-refractivity contribution >= 4 is 11.9 Å². The molecule has 4 heteroatoms. The molecular weight excluding hydrogens is 194 g/mol. The molecule has 0 spiro atoms. The number of carboxylic acid groups (broad SMARTS) is 1. The molecule has 3 atom stereocenters. The van der Waals surface area contributed by atoms with Crippen molar-refractivity contribution < 1.29 is 14.7 Å². The maximum Gasteiger partial charge on any atom is 0.326 e. The van der Waals surface area contributed by atoms with Gasteiger partial charge < -0.3 is 10.0 Å². The normalized spacial score (nSPS) is 35.0. The van der Waals surface area contributed by atoms with Gasteiger partial charge in [0.15, 0.2) is 0 Å². The highest BCUT2D eigenvalue weighted by atomic mass is 16.4. The van der Waals surface area contributed by atoms with Crippen LogP contribution >= 0.6 is 0 Å². The summed E-state index contributed by atoms with van der Waals surface area (Å²) < 4.78 is 0. The zero-order valence-electron chi connectivity index (χ0n) is 8.98. The lowest BCUT2D eigenvalue weighted by atomic mass is 9.78. The molecule has 1 N–H and O–H groups in total. The summed E-state index contributed by atoms with van der Waals surface area (Å²) in [5, 5.41) is 9.18. The number of carboxylic acids is 1. The minimum absolute atomic E-state index is 0.100. The van der Waals surface area contributed by atoms with E-state index in [2.05, 4.69) is 0 Å². The lowest BCUT2D eigenvalue weighted by Gasteiger charge is -2.26. The highest BCUT2D eigenvalue weighted by molar-refractivity contribution is 5.83. The summed E-state index contributed by atoms with van der Waals surface area (Å²) in [4.78, 5) is 24.1. The van der Waals surface area contributed by atoms with Crippen LogP contribution in [0.5, 0.6) is 0 Å². The smallest absolute Gasteiger partial charge is 0.326 e. The molecule has 0 radical (unpaired) electrons. The van der Waals surface area contributed by atoms with E-state index in [1.165, 1.54) is 13.3 Å². The number of amides is 1. The van der Waals surface area contributed by atoms with Crippen LogP contribution < -0.4 is 0 Å². The molecule has 0 aromatic carbocycles. The van der Waals surface area contributed by atoms with E-state index < -0.39 is 12.0 Å². The van der Waals surface area contributed by atoms with Gasteiger partial charge in [0.05, 0.1) is 0 Å². The Labute approximate surface area is 89.3 Å². The van der Waals surface area contributed by atoms with Crippen molar-refractivity contribution in [1.29, 1.82) is 0 Å². The van der Waals surface area contributed by atoms with Gasteiger partial charge in [0.25, 0.3) is 0 Å². The monoisotopic (exact) mass is 211 g/mol. The van der Waals surface area contributed by atoms with E-state index >= 15 is 0 Å². The van der Waals surface area contributed by atoms with Crippen molar-refractivity contribution in [1.82, 2.24) is 4.90 Å². The van der Waals surface area contributed by atoms with Crippen LogP contribution in [0.25, 0.3) is 0 Å². The van der Waals surface area contributed by atoms with Crippen LogP contribution in [-0.2, 0) is 9.59 Å². The number of rotatable bonds is 1. The summed E-state index contributed by atoms with van der Waals surface area (Å²) in [6.07, 6.45) is 4.33. The Morgan fingerprint density at radius 1 is 1.27 bits per heavy atom. The summed E-state index contributed by atoms with van der Waals surface area (Å²) in [5.74, 6) is -0.319. The molecule has 2 aliphatic rings. The highest BCUT2D eigenvalue weighted by Gasteiger charge is 2.47. The van der Waals surface area contributed by atoms with E-state index in [4.69, 9.17) is 0 Å². The standard InChI is InChI=1S/C11H17NO3/c1-7(13)12-6-8-4-2-3-5-9(8)10(12)11(14)15/h8-10H,2-6H2,1H3,(H,14,15)/t8-,9-,10?/m0/s1. The predicted molar refractivity (Wildman–Crippen MR) is 54.3 cm³/mol. The van der Waals surface area contributed by atoms with Gasteiger partial charge in [-0.05, 0) is 24.7 Å². The number of hydrogen-bond acceptors (Lipinski definition) is 2. The number of hydrogen-bond donors (Lipinski definition) is 1. The van der Waals surface area contributed by atoms with E-state index in [1.54, 1.807) is 4.90 Å². The van der Waals surface area contributed by atoms with Gasteiger partial charge in [0.1, 0.15) is 6.04 Å². The van der Waals surface area contributed by atoms with Crippen LogP contribution in [0.15, 0.2) is 0 Å². The number of carbonyl (C=O) groups is 2. The average Bonchev–Trinajstić information content (AvgIpc) is 2.56. The van der Waals surface area contributed by atoms with Crippen molar-refractivity contribution in [3.63, 3.8) is 0 Å². The van der Waals surface area contributed by atoms with Gasteiger partial charge in [-0.2, -0.15) is 0 Å². The second kappa shape index (κ2) is 3.83. The Balaban J connectivity index is 2.21. The Kier molecular flexibility index (Phi) is 2.67. The van der Waals surface area contributed by atoms with Gasteiger partial charge in [-0.1, -0.05) is 12.8 Å². The van der Waals surface area contributed by atoms with Crippen LogP contribution in [0.3, 0.4) is 0 Å². The summed E-state index contributed by atoms with van der Waals surface area (Å²) in [6, 6.07) is -0.562. The van der Waals surface area contributed by atoms with Crippen LogP contribution in [0, 0.1) is 11.8 Å². The first-order chi connectivity index (χ1) is 7.11. The van der Waals surface area contributed by atoms with Crippen molar-refractivity contribution in [2.75, 3.05) is 6.54 Å². The molecule has 0 aromatic rings. The van der Waals surface area contributed by atoms with E-state index in [9.17, 15) is 14.7 Å². The van der Waals surface area contributed by atoms with E-state index in [0.29, 0.717) is 12.5 Å². The van der Waals surface area contributed by atoms with Crippen LogP contribution in [0.2, 0.25) is 0 Å². The fourth-order valence-corrected chi connectivity index (χ4v) is 3.12. The third kappa shape index (κ3) is 1.73. The first-order valence-corrected chi connectivity index (χ1v) is 5.61. The van der Waals surface area contributed by atoms with E-state index in [0.717, 1.165) is 19.3 Å². The Morgan fingerprint density at radius 3 is 2.53 bits per heavy atom. The molecule has 0 bridgehead atoms. The molecule has 1 amide bonds. The topological polar surface area (TPSA) is 57.6 Å². The zero-order chi connectivity index (χ0) is 11.0. The number of carbonyl (C=O) groups excluding carboxylic acids is 1. The van der Waals surface area contributed by atoms with Gasteiger partial charge in [0.2, 0.25) is 5.91 Å². The maximum atomic E-state index is 11.4. The second-order valence-corrected chi connectivity index (χ2v) is 4.66. The molecule has 1 saturated carbocycles. The van der Waals surface area contributed by atoms with Gasteiger partial charge in [-0.15, -0.1) is 0 Å². The molecule has 1 aliphatic heterocycles.